The highest BCUT2D eigenvalue weighted by atomic mass is 16.1. The first-order valence-electron chi connectivity index (χ1n) is 6.62. The first-order valence-corrected chi connectivity index (χ1v) is 6.62. The summed E-state index contributed by atoms with van der Waals surface area (Å²) in [4.78, 5) is 11.6. The molecule has 0 saturated heterocycles. The Bertz CT molecular complexity index is 547. The van der Waals surface area contributed by atoms with E-state index in [0.29, 0.717) is 12.3 Å². The van der Waals surface area contributed by atoms with Gasteiger partial charge in [0, 0.05) is 6.42 Å². The van der Waals surface area contributed by atoms with E-state index < -0.39 is 5.54 Å². The van der Waals surface area contributed by atoms with Crippen molar-refractivity contribution in [2.24, 2.45) is 11.7 Å². The Kier molecular flexibility index (Phi) is 2.46. The van der Waals surface area contributed by atoms with Crippen molar-refractivity contribution in [3.8, 4) is 0 Å². The first kappa shape index (κ1) is 11.7. The number of fused-ring (bicyclic) bond motifs is 3. The van der Waals surface area contributed by atoms with Crippen LogP contribution in [-0.2, 0) is 4.79 Å². The van der Waals surface area contributed by atoms with Crippen LogP contribution in [0.1, 0.15) is 33.1 Å². The Morgan fingerprint density at radius 2 is 2.17 bits per heavy atom. The van der Waals surface area contributed by atoms with Gasteiger partial charge in [0.2, 0.25) is 0 Å². The Labute approximate surface area is 108 Å². The van der Waals surface area contributed by atoms with Gasteiger partial charge >= 0.3 is 0 Å². The molecule has 0 aromatic carbocycles. The second-order valence-electron chi connectivity index (χ2n) is 5.70. The molecule has 3 rings (SSSR count). The lowest BCUT2D eigenvalue weighted by Crippen LogP contribution is -2.49. The molecule has 0 saturated carbocycles. The lowest BCUT2D eigenvalue weighted by atomic mass is 9.61. The third-order valence-electron chi connectivity index (χ3n) is 4.41. The maximum absolute atomic E-state index is 11.6. The quantitative estimate of drug-likeness (QED) is 0.663. The third kappa shape index (κ3) is 1.49. The molecular formula is C16H19NO. The molecule has 0 aromatic heterocycles. The van der Waals surface area contributed by atoms with Crippen molar-refractivity contribution in [3.63, 3.8) is 0 Å². The van der Waals surface area contributed by atoms with Crippen LogP contribution in [0.15, 0.2) is 46.6 Å². The summed E-state index contributed by atoms with van der Waals surface area (Å²) >= 11 is 0. The van der Waals surface area contributed by atoms with Gasteiger partial charge in [-0.2, -0.15) is 0 Å². The van der Waals surface area contributed by atoms with E-state index in [2.05, 4.69) is 26.0 Å². The van der Waals surface area contributed by atoms with Crippen molar-refractivity contribution in [3.05, 3.63) is 46.6 Å². The number of nitrogens with two attached hydrogens (primary N) is 1. The Morgan fingerprint density at radius 3 is 2.89 bits per heavy atom. The molecule has 2 N–H and O–H groups in total. The predicted octanol–water partition coefficient (Wildman–Crippen LogP) is 2.83. The molecule has 0 radical (unpaired) electrons. The van der Waals surface area contributed by atoms with Gasteiger partial charge in [-0.25, -0.2) is 0 Å². The zero-order valence-electron chi connectivity index (χ0n) is 11.0. The van der Waals surface area contributed by atoms with E-state index in [1.165, 1.54) is 16.7 Å². The lowest BCUT2D eigenvalue weighted by Gasteiger charge is -2.46. The standard InChI is InChI=1S/C16H19NO/c1-3-14-11-6-10(2)9-16(14,17)15-5-4-13(18)8-12(15)7-11/h3-5,9,11H,6-8,17H2,1-2H3/b14-3-. The van der Waals surface area contributed by atoms with Gasteiger partial charge in [0.05, 0.1) is 5.54 Å². The minimum Gasteiger partial charge on any atom is -0.315 e. The number of ketones is 1. The summed E-state index contributed by atoms with van der Waals surface area (Å²) < 4.78 is 0. The Balaban J connectivity index is 2.20. The molecule has 0 spiro atoms. The van der Waals surface area contributed by atoms with Crippen molar-refractivity contribution in [1.82, 2.24) is 0 Å². The van der Waals surface area contributed by atoms with Crippen LogP contribution >= 0.6 is 0 Å². The van der Waals surface area contributed by atoms with Crippen LogP contribution in [0, 0.1) is 5.92 Å². The van der Waals surface area contributed by atoms with Gasteiger partial charge in [0.1, 0.15) is 0 Å². The van der Waals surface area contributed by atoms with Crippen LogP contribution in [0.5, 0.6) is 0 Å². The maximum atomic E-state index is 11.6. The summed E-state index contributed by atoms with van der Waals surface area (Å²) in [6.07, 6.45) is 10.6. The SMILES string of the molecule is C/C=C1/C2CC(C)=CC1(N)C1=C(CC(=O)C=C1)C2. The second-order valence-corrected chi connectivity index (χ2v) is 5.70. The molecule has 2 bridgehead atoms. The average molecular weight is 241 g/mol. The van der Waals surface area contributed by atoms with E-state index in [4.69, 9.17) is 5.73 Å². The minimum atomic E-state index is -0.466. The van der Waals surface area contributed by atoms with Gasteiger partial charge in [0.25, 0.3) is 0 Å². The van der Waals surface area contributed by atoms with Crippen molar-refractivity contribution >= 4 is 5.78 Å². The molecule has 2 heteroatoms. The van der Waals surface area contributed by atoms with Gasteiger partial charge in [0.15, 0.2) is 5.78 Å². The van der Waals surface area contributed by atoms with Crippen molar-refractivity contribution in [2.45, 2.75) is 38.6 Å². The monoisotopic (exact) mass is 241 g/mol. The summed E-state index contributed by atoms with van der Waals surface area (Å²) in [5, 5.41) is 0. The van der Waals surface area contributed by atoms with Crippen LogP contribution in [0.25, 0.3) is 0 Å². The molecule has 0 amide bonds. The largest absolute Gasteiger partial charge is 0.315 e. The first-order chi connectivity index (χ1) is 8.54. The molecule has 2 unspecified atom stereocenters. The van der Waals surface area contributed by atoms with Crippen LogP contribution < -0.4 is 5.73 Å². The van der Waals surface area contributed by atoms with E-state index in [0.717, 1.165) is 18.4 Å². The van der Waals surface area contributed by atoms with Gasteiger partial charge in [-0.05, 0) is 49.8 Å². The molecule has 18 heavy (non-hydrogen) atoms. The number of carbonyl (C=O) groups excluding carboxylic acids is 1. The van der Waals surface area contributed by atoms with E-state index in [9.17, 15) is 4.79 Å². The molecule has 3 aliphatic rings. The zero-order valence-corrected chi connectivity index (χ0v) is 11.0. The number of allylic oxidation sites excluding steroid dienone is 4. The summed E-state index contributed by atoms with van der Waals surface area (Å²) in [5.74, 6) is 0.697. The van der Waals surface area contributed by atoms with Crippen LogP contribution in [-0.4, -0.2) is 11.3 Å². The Hall–Kier alpha value is -1.41. The fourth-order valence-corrected chi connectivity index (χ4v) is 3.83. The fourth-order valence-electron chi connectivity index (χ4n) is 3.83. The molecule has 0 aromatic rings. The second kappa shape index (κ2) is 3.79. The highest BCUT2D eigenvalue weighted by molar-refractivity contribution is 5.94. The molecule has 3 aliphatic carbocycles. The van der Waals surface area contributed by atoms with Crippen LogP contribution in [0.2, 0.25) is 0 Å². The molecule has 94 valence electrons. The van der Waals surface area contributed by atoms with Crippen LogP contribution in [0.4, 0.5) is 0 Å². The fraction of sp³-hybridized carbons (Fsp3) is 0.438. The number of hydrogen-bond donors (Lipinski definition) is 1. The van der Waals surface area contributed by atoms with Gasteiger partial charge < -0.3 is 5.73 Å². The van der Waals surface area contributed by atoms with E-state index in [1.54, 1.807) is 6.08 Å². The Morgan fingerprint density at radius 1 is 1.39 bits per heavy atom. The molecule has 0 aliphatic heterocycles. The van der Waals surface area contributed by atoms with Crippen molar-refractivity contribution < 1.29 is 4.79 Å². The minimum absolute atomic E-state index is 0.208. The van der Waals surface area contributed by atoms with E-state index in [-0.39, 0.29) is 5.78 Å². The summed E-state index contributed by atoms with van der Waals surface area (Å²) in [7, 11) is 0. The molecule has 2 atom stereocenters. The van der Waals surface area contributed by atoms with Crippen molar-refractivity contribution in [2.75, 3.05) is 0 Å². The number of carbonyl (C=O) groups is 1. The smallest absolute Gasteiger partial charge is 0.159 e. The van der Waals surface area contributed by atoms with Gasteiger partial charge in [-0.1, -0.05) is 29.4 Å². The summed E-state index contributed by atoms with van der Waals surface area (Å²) in [5.41, 5.74) is 11.3. The summed E-state index contributed by atoms with van der Waals surface area (Å²) in [6.45, 7) is 4.23. The lowest BCUT2D eigenvalue weighted by molar-refractivity contribution is -0.114. The molecular weight excluding hydrogens is 222 g/mol. The van der Waals surface area contributed by atoms with E-state index >= 15 is 0 Å². The highest BCUT2D eigenvalue weighted by Crippen LogP contribution is 2.49. The predicted molar refractivity (Wildman–Crippen MR) is 72.9 cm³/mol. The average Bonchev–Trinajstić information content (AvgIpc) is 2.26. The van der Waals surface area contributed by atoms with Crippen molar-refractivity contribution in [1.29, 1.82) is 0 Å². The molecule has 2 nitrogen and oxygen atoms in total. The third-order valence-corrected chi connectivity index (χ3v) is 4.41. The maximum Gasteiger partial charge on any atom is 0.159 e. The van der Waals surface area contributed by atoms with Gasteiger partial charge in [-0.15, -0.1) is 0 Å². The number of rotatable bonds is 0. The normalized spacial score (nSPS) is 36.8. The highest BCUT2D eigenvalue weighted by Gasteiger charge is 2.44. The van der Waals surface area contributed by atoms with Gasteiger partial charge in [-0.3, -0.25) is 4.79 Å². The van der Waals surface area contributed by atoms with Crippen LogP contribution in [0.3, 0.4) is 0 Å². The molecule has 0 fully saturated rings. The number of hydrogen-bond acceptors (Lipinski definition) is 2. The van der Waals surface area contributed by atoms with E-state index in [1.807, 2.05) is 6.08 Å². The zero-order chi connectivity index (χ0) is 12.9. The topological polar surface area (TPSA) is 43.1 Å². The molecule has 0 heterocycles. The summed E-state index contributed by atoms with van der Waals surface area (Å²) in [6, 6.07) is 0.